The van der Waals surface area contributed by atoms with Gasteiger partial charge in [-0.15, -0.1) is 0 Å². The Morgan fingerprint density at radius 2 is 2.19 bits per heavy atom. The molecule has 1 aromatic carbocycles. The molecule has 88 valence electrons. The van der Waals surface area contributed by atoms with Crippen molar-refractivity contribution in [1.29, 1.82) is 0 Å². The van der Waals surface area contributed by atoms with Crippen LogP contribution in [-0.4, -0.2) is 30.9 Å². The number of amides is 2. The van der Waals surface area contributed by atoms with Crippen LogP contribution in [0.1, 0.15) is 6.92 Å². The van der Waals surface area contributed by atoms with E-state index in [9.17, 15) is 4.79 Å². The number of urea groups is 1. The Morgan fingerprint density at radius 3 is 2.81 bits per heavy atom. The van der Waals surface area contributed by atoms with Crippen LogP contribution >= 0.6 is 0 Å². The molecule has 0 aliphatic rings. The number of hydrogen-bond acceptors (Lipinski definition) is 3. The predicted molar refractivity (Wildman–Crippen MR) is 61.7 cm³/mol. The zero-order valence-corrected chi connectivity index (χ0v) is 9.36. The molecule has 0 radical (unpaired) electrons. The van der Waals surface area contributed by atoms with E-state index in [0.29, 0.717) is 11.4 Å². The number of para-hydroxylation sites is 2. The maximum atomic E-state index is 11.5. The largest absolute Gasteiger partial charge is 0.495 e. The van der Waals surface area contributed by atoms with E-state index >= 15 is 0 Å². The van der Waals surface area contributed by atoms with Crippen LogP contribution in [-0.2, 0) is 0 Å². The smallest absolute Gasteiger partial charge is 0.319 e. The molecule has 0 aliphatic carbocycles. The van der Waals surface area contributed by atoms with Crippen molar-refractivity contribution in [2.75, 3.05) is 19.0 Å². The minimum atomic E-state index is -0.369. The number of methoxy groups -OCH3 is 1. The highest BCUT2D eigenvalue weighted by molar-refractivity contribution is 5.91. The Hall–Kier alpha value is -1.75. The Bertz CT molecular complexity index is 355. The van der Waals surface area contributed by atoms with Crippen LogP contribution in [0.25, 0.3) is 0 Å². The Kier molecular flexibility index (Phi) is 4.60. The third-order valence-electron chi connectivity index (χ3n) is 2.01. The molecule has 2 amide bonds. The molecule has 1 rings (SSSR count). The van der Waals surface area contributed by atoms with Gasteiger partial charge in [-0.2, -0.15) is 0 Å². The number of carbonyl (C=O) groups excluding carboxylic acids is 1. The van der Waals surface area contributed by atoms with E-state index in [2.05, 4.69) is 10.6 Å². The second kappa shape index (κ2) is 5.97. The van der Waals surface area contributed by atoms with Gasteiger partial charge in [-0.05, 0) is 19.1 Å². The van der Waals surface area contributed by atoms with E-state index in [1.54, 1.807) is 25.1 Å². The normalized spacial score (nSPS) is 11.7. The fraction of sp³-hybridized carbons (Fsp3) is 0.364. The van der Waals surface area contributed by atoms with Gasteiger partial charge in [0, 0.05) is 0 Å². The van der Waals surface area contributed by atoms with Gasteiger partial charge in [0.05, 0.1) is 25.4 Å². The fourth-order valence-electron chi connectivity index (χ4n) is 1.18. The highest BCUT2D eigenvalue weighted by atomic mass is 16.5. The van der Waals surface area contributed by atoms with E-state index in [1.807, 2.05) is 6.07 Å². The third kappa shape index (κ3) is 3.43. The van der Waals surface area contributed by atoms with E-state index in [4.69, 9.17) is 9.84 Å². The molecule has 0 saturated heterocycles. The molecule has 16 heavy (non-hydrogen) atoms. The molecule has 0 aliphatic heterocycles. The molecule has 0 spiro atoms. The van der Waals surface area contributed by atoms with E-state index in [-0.39, 0.29) is 18.7 Å². The van der Waals surface area contributed by atoms with E-state index in [0.717, 1.165) is 0 Å². The molecule has 5 nitrogen and oxygen atoms in total. The average Bonchev–Trinajstić information content (AvgIpc) is 2.29. The molecular formula is C11H16N2O3. The summed E-state index contributed by atoms with van der Waals surface area (Å²) in [6.07, 6.45) is 0. The first-order valence-electron chi connectivity index (χ1n) is 4.98. The van der Waals surface area contributed by atoms with Gasteiger partial charge in [0.2, 0.25) is 0 Å². The zero-order valence-electron chi connectivity index (χ0n) is 9.36. The number of hydrogen-bond donors (Lipinski definition) is 3. The Balaban J connectivity index is 2.62. The quantitative estimate of drug-likeness (QED) is 0.719. The molecule has 0 saturated carbocycles. The molecule has 0 bridgehead atoms. The molecule has 5 heteroatoms. The van der Waals surface area contributed by atoms with Gasteiger partial charge in [-0.3, -0.25) is 0 Å². The maximum Gasteiger partial charge on any atom is 0.319 e. The van der Waals surface area contributed by atoms with E-state index in [1.165, 1.54) is 7.11 Å². The van der Waals surface area contributed by atoms with Crippen LogP contribution in [0.4, 0.5) is 10.5 Å². The average molecular weight is 224 g/mol. The number of rotatable bonds is 4. The molecule has 0 heterocycles. The Morgan fingerprint density at radius 1 is 1.50 bits per heavy atom. The van der Waals surface area contributed by atoms with Crippen molar-refractivity contribution in [1.82, 2.24) is 5.32 Å². The van der Waals surface area contributed by atoms with Gasteiger partial charge in [-0.25, -0.2) is 4.79 Å². The molecule has 1 atom stereocenters. The molecule has 1 aromatic rings. The van der Waals surface area contributed by atoms with Crippen molar-refractivity contribution in [2.45, 2.75) is 13.0 Å². The number of ether oxygens (including phenoxy) is 1. The summed E-state index contributed by atoms with van der Waals surface area (Å²) in [5.41, 5.74) is 0.590. The predicted octanol–water partition coefficient (Wildman–Crippen LogP) is 1.20. The zero-order chi connectivity index (χ0) is 12.0. The number of benzene rings is 1. The first-order valence-corrected chi connectivity index (χ1v) is 4.98. The fourth-order valence-corrected chi connectivity index (χ4v) is 1.18. The Labute approximate surface area is 94.4 Å². The van der Waals surface area contributed by atoms with Crippen molar-refractivity contribution in [2.24, 2.45) is 0 Å². The number of aliphatic hydroxyl groups is 1. The van der Waals surface area contributed by atoms with Crippen molar-refractivity contribution in [3.63, 3.8) is 0 Å². The molecule has 3 N–H and O–H groups in total. The lowest BCUT2D eigenvalue weighted by Gasteiger charge is -2.13. The summed E-state index contributed by atoms with van der Waals surface area (Å²) in [7, 11) is 1.54. The summed E-state index contributed by atoms with van der Waals surface area (Å²) >= 11 is 0. The number of carbonyl (C=O) groups is 1. The lowest BCUT2D eigenvalue weighted by molar-refractivity contribution is 0.229. The number of anilines is 1. The molecule has 0 aromatic heterocycles. The lowest BCUT2D eigenvalue weighted by atomic mass is 10.3. The maximum absolute atomic E-state index is 11.5. The van der Waals surface area contributed by atoms with Gasteiger partial charge in [0.15, 0.2) is 0 Å². The monoisotopic (exact) mass is 224 g/mol. The SMILES string of the molecule is COc1ccccc1NC(=O)N[C@@H](C)CO. The standard InChI is InChI=1S/C11H16N2O3/c1-8(7-14)12-11(15)13-9-5-3-4-6-10(9)16-2/h3-6,8,14H,7H2,1-2H3,(H2,12,13,15)/t8-/m0/s1. The van der Waals surface area contributed by atoms with Crippen LogP contribution in [0.15, 0.2) is 24.3 Å². The van der Waals surface area contributed by atoms with E-state index < -0.39 is 0 Å². The van der Waals surface area contributed by atoms with Crippen LogP contribution in [0.5, 0.6) is 5.75 Å². The molecular weight excluding hydrogens is 208 g/mol. The first kappa shape index (κ1) is 12.3. The summed E-state index contributed by atoms with van der Waals surface area (Å²) in [6, 6.07) is 6.46. The van der Waals surface area contributed by atoms with Crippen LogP contribution < -0.4 is 15.4 Å². The molecule has 0 fully saturated rings. The summed E-state index contributed by atoms with van der Waals surface area (Å²) < 4.78 is 5.09. The number of aliphatic hydroxyl groups excluding tert-OH is 1. The van der Waals surface area contributed by atoms with Crippen molar-refractivity contribution < 1.29 is 14.6 Å². The van der Waals surface area contributed by atoms with Crippen LogP contribution in [0.3, 0.4) is 0 Å². The second-order valence-corrected chi connectivity index (χ2v) is 3.38. The minimum Gasteiger partial charge on any atom is -0.495 e. The topological polar surface area (TPSA) is 70.6 Å². The van der Waals surface area contributed by atoms with Gasteiger partial charge in [0.1, 0.15) is 5.75 Å². The second-order valence-electron chi connectivity index (χ2n) is 3.38. The van der Waals surface area contributed by atoms with Crippen LogP contribution in [0.2, 0.25) is 0 Å². The highest BCUT2D eigenvalue weighted by Crippen LogP contribution is 2.22. The summed E-state index contributed by atoms with van der Waals surface area (Å²) in [5.74, 6) is 0.592. The summed E-state index contributed by atoms with van der Waals surface area (Å²) in [6.45, 7) is 1.61. The molecule has 0 unspecified atom stereocenters. The third-order valence-corrected chi connectivity index (χ3v) is 2.01. The summed E-state index contributed by atoms with van der Waals surface area (Å²) in [4.78, 5) is 11.5. The lowest BCUT2D eigenvalue weighted by Crippen LogP contribution is -2.38. The highest BCUT2D eigenvalue weighted by Gasteiger charge is 2.08. The van der Waals surface area contributed by atoms with Gasteiger partial charge < -0.3 is 20.5 Å². The van der Waals surface area contributed by atoms with Gasteiger partial charge >= 0.3 is 6.03 Å². The van der Waals surface area contributed by atoms with Crippen molar-refractivity contribution in [3.8, 4) is 5.75 Å². The summed E-state index contributed by atoms with van der Waals surface area (Å²) in [5, 5.41) is 14.0. The van der Waals surface area contributed by atoms with Gasteiger partial charge in [-0.1, -0.05) is 12.1 Å². The van der Waals surface area contributed by atoms with Gasteiger partial charge in [0.25, 0.3) is 0 Å². The van der Waals surface area contributed by atoms with Crippen LogP contribution in [0, 0.1) is 0 Å². The first-order chi connectivity index (χ1) is 7.67. The van der Waals surface area contributed by atoms with Crippen molar-refractivity contribution in [3.05, 3.63) is 24.3 Å². The van der Waals surface area contributed by atoms with Crippen molar-refractivity contribution >= 4 is 11.7 Å². The number of nitrogens with one attached hydrogen (secondary N) is 2. The minimum absolute atomic E-state index is 0.0979.